The monoisotopic (exact) mass is 349 g/mol. The molecule has 19 heavy (non-hydrogen) atoms. The Morgan fingerprint density at radius 3 is 2.68 bits per heavy atom. The molecule has 3 nitrogen and oxygen atoms in total. The van der Waals surface area contributed by atoms with Gasteiger partial charge in [-0.1, -0.05) is 6.92 Å². The Balaban J connectivity index is 2.41. The fourth-order valence-electron chi connectivity index (χ4n) is 2.45. The Labute approximate surface area is 122 Å². The van der Waals surface area contributed by atoms with Gasteiger partial charge in [-0.15, -0.1) is 0 Å². The number of hydrogen-bond acceptors (Lipinski definition) is 2. The lowest BCUT2D eigenvalue weighted by atomic mass is 9.94. The molecule has 6 heteroatoms. The van der Waals surface area contributed by atoms with Crippen molar-refractivity contribution in [1.82, 2.24) is 4.31 Å². The van der Waals surface area contributed by atoms with Gasteiger partial charge in [-0.2, -0.15) is 4.31 Å². The van der Waals surface area contributed by atoms with Gasteiger partial charge in [-0.25, -0.2) is 12.8 Å². The Kier molecular flexibility index (Phi) is 4.32. The maximum absolute atomic E-state index is 13.1. The predicted octanol–water partition coefficient (Wildman–Crippen LogP) is 3.40. The molecule has 0 N–H and O–H groups in total. The highest BCUT2D eigenvalue weighted by Gasteiger charge is 2.35. The van der Waals surface area contributed by atoms with E-state index >= 15 is 0 Å². The molecule has 106 valence electrons. The SMILES string of the molecule is CC1CCCN(S(=O)(=O)c2ccc(F)cc2Br)C1C. The first-order valence-electron chi connectivity index (χ1n) is 6.31. The second-order valence-corrected chi connectivity index (χ2v) is 7.76. The average molecular weight is 350 g/mol. The highest BCUT2D eigenvalue weighted by Crippen LogP contribution is 2.32. The molecular formula is C13H17BrFNO2S. The first-order chi connectivity index (χ1) is 8.84. The molecule has 0 aliphatic carbocycles. The molecule has 0 bridgehead atoms. The maximum Gasteiger partial charge on any atom is 0.244 e. The van der Waals surface area contributed by atoms with Crippen LogP contribution >= 0.6 is 15.9 Å². The number of benzene rings is 1. The molecule has 1 aromatic carbocycles. The van der Waals surface area contributed by atoms with E-state index in [1.165, 1.54) is 22.5 Å². The fraction of sp³-hybridized carbons (Fsp3) is 0.538. The molecule has 1 heterocycles. The molecule has 0 saturated carbocycles. The van der Waals surface area contributed by atoms with Crippen LogP contribution in [0.15, 0.2) is 27.6 Å². The van der Waals surface area contributed by atoms with Crippen LogP contribution in [0.3, 0.4) is 0 Å². The first-order valence-corrected chi connectivity index (χ1v) is 8.54. The third-order valence-corrected chi connectivity index (χ3v) is 6.76. The summed E-state index contributed by atoms with van der Waals surface area (Å²) in [6.07, 6.45) is 1.90. The summed E-state index contributed by atoms with van der Waals surface area (Å²) in [4.78, 5) is 0.134. The molecular weight excluding hydrogens is 333 g/mol. The number of sulfonamides is 1. The summed E-state index contributed by atoms with van der Waals surface area (Å²) in [6.45, 7) is 4.52. The van der Waals surface area contributed by atoms with E-state index in [9.17, 15) is 12.8 Å². The van der Waals surface area contributed by atoms with Crippen LogP contribution in [-0.2, 0) is 10.0 Å². The zero-order valence-electron chi connectivity index (χ0n) is 10.9. The molecule has 2 unspecified atom stereocenters. The van der Waals surface area contributed by atoms with Crippen LogP contribution in [0, 0.1) is 11.7 Å². The Bertz CT molecular complexity index is 576. The minimum Gasteiger partial charge on any atom is -0.207 e. The second kappa shape index (κ2) is 5.50. The molecule has 1 saturated heterocycles. The van der Waals surface area contributed by atoms with E-state index in [2.05, 4.69) is 22.9 Å². The Morgan fingerprint density at radius 2 is 2.05 bits per heavy atom. The summed E-state index contributed by atoms with van der Waals surface area (Å²) in [5.74, 6) is -0.117. The third-order valence-electron chi connectivity index (χ3n) is 3.80. The molecule has 1 aromatic rings. The lowest BCUT2D eigenvalue weighted by Crippen LogP contribution is -2.45. The lowest BCUT2D eigenvalue weighted by Gasteiger charge is -2.36. The van der Waals surface area contributed by atoms with Crippen molar-refractivity contribution in [3.8, 4) is 0 Å². The average Bonchev–Trinajstić information content (AvgIpc) is 2.31. The van der Waals surface area contributed by atoms with E-state index in [-0.39, 0.29) is 15.4 Å². The van der Waals surface area contributed by atoms with Gasteiger partial charge in [0, 0.05) is 17.1 Å². The molecule has 0 aromatic heterocycles. The van der Waals surface area contributed by atoms with Crippen molar-refractivity contribution in [1.29, 1.82) is 0 Å². The van der Waals surface area contributed by atoms with Crippen molar-refractivity contribution >= 4 is 26.0 Å². The first kappa shape index (κ1) is 14.9. The van der Waals surface area contributed by atoms with Gasteiger partial charge in [0.25, 0.3) is 0 Å². The van der Waals surface area contributed by atoms with Crippen LogP contribution in [0.1, 0.15) is 26.7 Å². The minimum absolute atomic E-state index is 0.0318. The van der Waals surface area contributed by atoms with E-state index in [1.807, 2.05) is 6.92 Å². The standard InChI is InChI=1S/C13H17BrFNO2S/c1-9-4-3-7-16(10(9)2)19(17,18)13-6-5-11(15)8-12(13)14/h5-6,8-10H,3-4,7H2,1-2H3. The normalized spacial score (nSPS) is 25.5. The van der Waals surface area contributed by atoms with Crippen LogP contribution in [-0.4, -0.2) is 25.3 Å². The van der Waals surface area contributed by atoms with Gasteiger partial charge in [-0.05, 0) is 59.8 Å². The zero-order valence-corrected chi connectivity index (χ0v) is 13.3. The van der Waals surface area contributed by atoms with Gasteiger partial charge in [0.2, 0.25) is 10.0 Å². The van der Waals surface area contributed by atoms with Gasteiger partial charge in [0.05, 0.1) is 4.90 Å². The van der Waals surface area contributed by atoms with E-state index in [0.29, 0.717) is 12.5 Å². The van der Waals surface area contributed by atoms with Crippen molar-refractivity contribution in [3.63, 3.8) is 0 Å². The van der Waals surface area contributed by atoms with Gasteiger partial charge < -0.3 is 0 Å². The lowest BCUT2D eigenvalue weighted by molar-refractivity contribution is 0.202. The number of hydrogen-bond donors (Lipinski definition) is 0. The zero-order chi connectivity index (χ0) is 14.2. The van der Waals surface area contributed by atoms with E-state index in [0.717, 1.165) is 12.8 Å². The summed E-state index contributed by atoms with van der Waals surface area (Å²) < 4.78 is 40.2. The Hall–Kier alpha value is -0.460. The largest absolute Gasteiger partial charge is 0.244 e. The molecule has 2 rings (SSSR count). The quantitative estimate of drug-likeness (QED) is 0.820. The van der Waals surface area contributed by atoms with Crippen LogP contribution in [0.25, 0.3) is 0 Å². The number of nitrogens with zero attached hydrogens (tertiary/aromatic N) is 1. The molecule has 0 amide bonds. The summed E-state index contributed by atoms with van der Waals surface area (Å²) >= 11 is 3.14. The molecule has 1 aliphatic rings. The van der Waals surface area contributed by atoms with Gasteiger partial charge >= 0.3 is 0 Å². The smallest absolute Gasteiger partial charge is 0.207 e. The predicted molar refractivity (Wildman–Crippen MR) is 75.9 cm³/mol. The number of piperidine rings is 1. The van der Waals surface area contributed by atoms with Crippen LogP contribution in [0.5, 0.6) is 0 Å². The summed E-state index contributed by atoms with van der Waals surface area (Å²) in [5, 5.41) is 0. The van der Waals surface area contributed by atoms with E-state index < -0.39 is 15.8 Å². The van der Waals surface area contributed by atoms with Crippen molar-refractivity contribution in [2.75, 3.05) is 6.54 Å². The molecule has 1 aliphatic heterocycles. The van der Waals surface area contributed by atoms with Crippen molar-refractivity contribution in [3.05, 3.63) is 28.5 Å². The topological polar surface area (TPSA) is 37.4 Å². The van der Waals surface area contributed by atoms with Crippen molar-refractivity contribution < 1.29 is 12.8 Å². The van der Waals surface area contributed by atoms with Crippen molar-refractivity contribution in [2.24, 2.45) is 5.92 Å². The molecule has 0 radical (unpaired) electrons. The maximum atomic E-state index is 13.1. The van der Waals surface area contributed by atoms with Crippen LogP contribution in [0.4, 0.5) is 4.39 Å². The number of halogens is 2. The summed E-state index contributed by atoms with van der Waals surface area (Å²) in [7, 11) is -3.57. The van der Waals surface area contributed by atoms with Gasteiger partial charge in [-0.3, -0.25) is 0 Å². The minimum atomic E-state index is -3.57. The highest BCUT2D eigenvalue weighted by molar-refractivity contribution is 9.10. The summed E-state index contributed by atoms with van der Waals surface area (Å²) in [5.41, 5.74) is 0. The van der Waals surface area contributed by atoms with Gasteiger partial charge in [0.1, 0.15) is 5.82 Å². The van der Waals surface area contributed by atoms with E-state index in [4.69, 9.17) is 0 Å². The molecule has 1 fully saturated rings. The second-order valence-electron chi connectivity index (χ2n) is 5.05. The highest BCUT2D eigenvalue weighted by atomic mass is 79.9. The number of rotatable bonds is 2. The van der Waals surface area contributed by atoms with Crippen LogP contribution in [0.2, 0.25) is 0 Å². The van der Waals surface area contributed by atoms with Crippen molar-refractivity contribution in [2.45, 2.75) is 37.6 Å². The van der Waals surface area contributed by atoms with Gasteiger partial charge in [0.15, 0.2) is 0 Å². The third kappa shape index (κ3) is 2.85. The molecule has 2 atom stereocenters. The van der Waals surface area contributed by atoms with Crippen LogP contribution < -0.4 is 0 Å². The summed E-state index contributed by atoms with van der Waals surface area (Å²) in [6, 6.07) is 3.65. The fourth-order valence-corrected chi connectivity index (χ4v) is 5.23. The molecule has 0 spiro atoms. The Morgan fingerprint density at radius 1 is 1.37 bits per heavy atom. The van der Waals surface area contributed by atoms with E-state index in [1.54, 1.807) is 0 Å².